The minimum atomic E-state index is -0.497. The van der Waals surface area contributed by atoms with Crippen LogP contribution in [-0.4, -0.2) is 24.0 Å². The lowest BCUT2D eigenvalue weighted by molar-refractivity contribution is 0.0734. The van der Waals surface area contributed by atoms with Crippen LogP contribution in [0, 0.1) is 6.92 Å². The van der Waals surface area contributed by atoms with Crippen molar-refractivity contribution in [3.63, 3.8) is 0 Å². The van der Waals surface area contributed by atoms with Gasteiger partial charge in [-0.05, 0) is 61.5 Å². The number of hydrogen-bond acceptors (Lipinski definition) is 6. The van der Waals surface area contributed by atoms with Gasteiger partial charge in [0.25, 0.3) is 11.8 Å². The SMILES string of the molecule is Cc1ccc(C(=O)Oc2ccccc2C=NNC(=O)c2cccc(NC(=O)c3ccco3)c2)cc1. The minimum absolute atomic E-state index is 0.159. The third-order valence-electron chi connectivity index (χ3n) is 4.91. The van der Waals surface area contributed by atoms with E-state index in [0.717, 1.165) is 5.56 Å². The quantitative estimate of drug-likeness (QED) is 0.175. The average Bonchev–Trinajstić information content (AvgIpc) is 3.41. The van der Waals surface area contributed by atoms with Crippen molar-refractivity contribution in [2.75, 3.05) is 5.32 Å². The van der Waals surface area contributed by atoms with Gasteiger partial charge in [0.1, 0.15) is 5.75 Å². The summed E-state index contributed by atoms with van der Waals surface area (Å²) >= 11 is 0. The van der Waals surface area contributed by atoms with E-state index in [2.05, 4.69) is 15.8 Å². The second-order valence-corrected chi connectivity index (χ2v) is 7.50. The van der Waals surface area contributed by atoms with E-state index in [4.69, 9.17) is 9.15 Å². The molecule has 1 aromatic heterocycles. The number of benzene rings is 3. The number of hydrogen-bond donors (Lipinski definition) is 2. The van der Waals surface area contributed by atoms with Crippen LogP contribution >= 0.6 is 0 Å². The molecule has 174 valence electrons. The zero-order chi connectivity index (χ0) is 24.6. The number of rotatable bonds is 7. The summed E-state index contributed by atoms with van der Waals surface area (Å²) in [6.07, 6.45) is 2.79. The number of ether oxygens (including phenoxy) is 1. The molecule has 4 aromatic rings. The van der Waals surface area contributed by atoms with Gasteiger partial charge in [-0.1, -0.05) is 35.9 Å². The van der Waals surface area contributed by atoms with Gasteiger partial charge in [-0.15, -0.1) is 0 Å². The molecule has 0 aliphatic rings. The zero-order valence-corrected chi connectivity index (χ0v) is 18.7. The van der Waals surface area contributed by atoms with Crippen molar-refractivity contribution in [1.29, 1.82) is 0 Å². The number of aryl methyl sites for hydroxylation is 1. The predicted molar refractivity (Wildman–Crippen MR) is 131 cm³/mol. The van der Waals surface area contributed by atoms with E-state index >= 15 is 0 Å². The van der Waals surface area contributed by atoms with Crippen molar-refractivity contribution in [3.8, 4) is 5.75 Å². The van der Waals surface area contributed by atoms with E-state index in [1.165, 1.54) is 24.6 Å². The van der Waals surface area contributed by atoms with Crippen LogP contribution in [0.3, 0.4) is 0 Å². The maximum Gasteiger partial charge on any atom is 0.343 e. The second kappa shape index (κ2) is 10.8. The Labute approximate surface area is 201 Å². The van der Waals surface area contributed by atoms with Crippen LogP contribution in [0.1, 0.15) is 42.4 Å². The Bertz CT molecular complexity index is 1380. The molecule has 0 unspecified atom stereocenters. The van der Waals surface area contributed by atoms with Gasteiger partial charge in [0, 0.05) is 16.8 Å². The first kappa shape index (κ1) is 23.2. The van der Waals surface area contributed by atoms with Gasteiger partial charge in [0.05, 0.1) is 18.0 Å². The van der Waals surface area contributed by atoms with Crippen molar-refractivity contribution in [1.82, 2.24) is 5.43 Å². The van der Waals surface area contributed by atoms with Crippen molar-refractivity contribution in [3.05, 3.63) is 119 Å². The highest BCUT2D eigenvalue weighted by molar-refractivity contribution is 6.03. The van der Waals surface area contributed by atoms with Crippen LogP contribution < -0.4 is 15.5 Å². The molecule has 0 aliphatic carbocycles. The number of para-hydroxylation sites is 1. The zero-order valence-electron chi connectivity index (χ0n) is 18.7. The van der Waals surface area contributed by atoms with Crippen LogP contribution in [0.2, 0.25) is 0 Å². The number of nitrogens with one attached hydrogen (secondary N) is 2. The normalized spacial score (nSPS) is 10.7. The van der Waals surface area contributed by atoms with Crippen molar-refractivity contribution >= 4 is 29.7 Å². The monoisotopic (exact) mass is 467 g/mol. The Morgan fingerprint density at radius 3 is 2.43 bits per heavy atom. The Kier molecular flexibility index (Phi) is 7.13. The molecule has 2 N–H and O–H groups in total. The second-order valence-electron chi connectivity index (χ2n) is 7.50. The number of anilines is 1. The van der Waals surface area contributed by atoms with Crippen LogP contribution in [0.25, 0.3) is 0 Å². The Morgan fingerprint density at radius 1 is 0.857 bits per heavy atom. The third-order valence-corrected chi connectivity index (χ3v) is 4.91. The predicted octanol–water partition coefficient (Wildman–Crippen LogP) is 4.82. The van der Waals surface area contributed by atoms with Crippen LogP contribution in [0.15, 0.2) is 101 Å². The van der Waals surface area contributed by atoms with E-state index in [9.17, 15) is 14.4 Å². The lowest BCUT2D eigenvalue weighted by Gasteiger charge is -2.08. The van der Waals surface area contributed by atoms with E-state index < -0.39 is 17.8 Å². The fourth-order valence-corrected chi connectivity index (χ4v) is 3.09. The molecule has 4 rings (SSSR count). The number of carbonyl (C=O) groups excluding carboxylic acids is 3. The molecular weight excluding hydrogens is 446 g/mol. The third kappa shape index (κ3) is 6.08. The van der Waals surface area contributed by atoms with Gasteiger partial charge >= 0.3 is 5.97 Å². The summed E-state index contributed by atoms with van der Waals surface area (Å²) in [4.78, 5) is 37.1. The summed E-state index contributed by atoms with van der Waals surface area (Å²) in [7, 11) is 0. The number of hydrazone groups is 1. The van der Waals surface area contributed by atoms with E-state index in [1.807, 2.05) is 19.1 Å². The number of carbonyl (C=O) groups is 3. The van der Waals surface area contributed by atoms with Gasteiger partial charge in [-0.25, -0.2) is 10.2 Å². The molecule has 0 saturated heterocycles. The first-order valence-corrected chi connectivity index (χ1v) is 10.7. The van der Waals surface area contributed by atoms with E-state index in [-0.39, 0.29) is 5.76 Å². The van der Waals surface area contributed by atoms with E-state index in [0.29, 0.717) is 28.1 Å². The summed E-state index contributed by atoms with van der Waals surface area (Å²) in [5.74, 6) is -0.944. The summed E-state index contributed by atoms with van der Waals surface area (Å²) in [5, 5.41) is 6.65. The maximum atomic E-state index is 12.5. The highest BCUT2D eigenvalue weighted by Gasteiger charge is 2.12. The molecule has 0 saturated carbocycles. The summed E-state index contributed by atoms with van der Waals surface area (Å²) < 4.78 is 10.6. The number of furan rings is 1. The molecule has 1 heterocycles. The maximum absolute atomic E-state index is 12.5. The van der Waals surface area contributed by atoms with Crippen molar-refractivity contribution < 1.29 is 23.5 Å². The summed E-state index contributed by atoms with van der Waals surface area (Å²) in [6.45, 7) is 1.93. The molecule has 0 aliphatic heterocycles. The molecule has 0 fully saturated rings. The van der Waals surface area contributed by atoms with E-state index in [1.54, 1.807) is 60.7 Å². The fraction of sp³-hybridized carbons (Fsp3) is 0.0370. The minimum Gasteiger partial charge on any atom is -0.459 e. The first-order chi connectivity index (χ1) is 17.0. The molecule has 2 amide bonds. The average molecular weight is 467 g/mol. The highest BCUT2D eigenvalue weighted by Crippen LogP contribution is 2.18. The molecule has 8 heteroatoms. The molecule has 0 radical (unpaired) electrons. The Morgan fingerprint density at radius 2 is 1.66 bits per heavy atom. The fourth-order valence-electron chi connectivity index (χ4n) is 3.09. The molecule has 0 bridgehead atoms. The van der Waals surface area contributed by atoms with Crippen LogP contribution in [0.4, 0.5) is 5.69 Å². The molecule has 8 nitrogen and oxygen atoms in total. The lowest BCUT2D eigenvalue weighted by atomic mass is 10.1. The number of nitrogens with zero attached hydrogens (tertiary/aromatic N) is 1. The largest absolute Gasteiger partial charge is 0.459 e. The number of amides is 2. The summed E-state index contributed by atoms with van der Waals surface area (Å²) in [5.41, 5.74) is 5.12. The topological polar surface area (TPSA) is 110 Å². The molecule has 3 aromatic carbocycles. The van der Waals surface area contributed by atoms with Gasteiger partial charge in [-0.2, -0.15) is 5.10 Å². The molecule has 0 atom stereocenters. The molecule has 0 spiro atoms. The lowest BCUT2D eigenvalue weighted by Crippen LogP contribution is -2.18. The standard InChI is InChI=1S/C27H21N3O5/c1-18-11-13-19(14-12-18)27(33)35-23-9-3-2-6-21(23)17-28-30-25(31)20-7-4-8-22(16-20)29-26(32)24-10-5-15-34-24/h2-17H,1H3,(H,29,32)(H,30,31). The van der Waals surface area contributed by atoms with Crippen LogP contribution in [0.5, 0.6) is 5.75 Å². The Hall–Kier alpha value is -4.98. The molecular formula is C27H21N3O5. The number of esters is 1. The van der Waals surface area contributed by atoms with Gasteiger partial charge in [-0.3, -0.25) is 9.59 Å². The molecule has 35 heavy (non-hydrogen) atoms. The Balaban J connectivity index is 1.40. The highest BCUT2D eigenvalue weighted by atomic mass is 16.5. The van der Waals surface area contributed by atoms with Crippen molar-refractivity contribution in [2.24, 2.45) is 5.10 Å². The van der Waals surface area contributed by atoms with Crippen molar-refractivity contribution in [2.45, 2.75) is 6.92 Å². The summed E-state index contributed by atoms with van der Waals surface area (Å²) in [6, 6.07) is 23.4. The first-order valence-electron chi connectivity index (χ1n) is 10.7. The van der Waals surface area contributed by atoms with Gasteiger partial charge in [0.2, 0.25) is 0 Å². The van der Waals surface area contributed by atoms with Gasteiger partial charge in [0.15, 0.2) is 5.76 Å². The van der Waals surface area contributed by atoms with Gasteiger partial charge < -0.3 is 14.5 Å². The smallest absolute Gasteiger partial charge is 0.343 e. The van der Waals surface area contributed by atoms with Crippen LogP contribution in [-0.2, 0) is 0 Å².